The maximum Gasteiger partial charge on any atom is 0.333 e. The fraction of sp³-hybridized carbons (Fsp3) is 0.552. The molecule has 0 aliphatic carbocycles. The first-order chi connectivity index (χ1) is 16.6. The van der Waals surface area contributed by atoms with Gasteiger partial charge in [0.05, 0.1) is 19.1 Å². The van der Waals surface area contributed by atoms with Crippen molar-refractivity contribution in [2.75, 3.05) is 13.2 Å². The van der Waals surface area contributed by atoms with Crippen LogP contribution in [0.25, 0.3) is 5.57 Å². The average Bonchev–Trinajstić information content (AvgIpc) is 2.79. The van der Waals surface area contributed by atoms with E-state index in [1.165, 1.54) is 6.26 Å². The number of rotatable bonds is 14. The van der Waals surface area contributed by atoms with E-state index in [-0.39, 0.29) is 24.5 Å². The Bertz CT molecular complexity index is 946. The summed E-state index contributed by atoms with van der Waals surface area (Å²) < 4.78 is 22.4. The lowest BCUT2D eigenvalue weighted by atomic mass is 9.97. The fourth-order valence-corrected chi connectivity index (χ4v) is 3.83. The molecule has 0 spiro atoms. The number of benzene rings is 1. The Balaban J connectivity index is 1.87. The van der Waals surface area contributed by atoms with E-state index in [0.717, 1.165) is 54.6 Å². The van der Waals surface area contributed by atoms with Crippen molar-refractivity contribution in [3.05, 3.63) is 53.5 Å². The number of carbonyl (C=O) groups is 2. The molecule has 0 saturated heterocycles. The van der Waals surface area contributed by atoms with Crippen LogP contribution in [0.2, 0.25) is 0 Å². The zero-order chi connectivity index (χ0) is 25.8. The maximum atomic E-state index is 12.2. The quantitative estimate of drug-likeness (QED) is 0.133. The molecule has 0 aromatic heterocycles. The van der Waals surface area contributed by atoms with E-state index in [1.807, 2.05) is 39.0 Å². The van der Waals surface area contributed by atoms with Gasteiger partial charge in [0.1, 0.15) is 17.6 Å². The molecule has 0 N–H and O–H groups in total. The molecule has 35 heavy (non-hydrogen) atoms. The van der Waals surface area contributed by atoms with Gasteiger partial charge in [-0.05, 0) is 65.4 Å². The van der Waals surface area contributed by atoms with Crippen LogP contribution in [0, 0.1) is 0 Å². The van der Waals surface area contributed by atoms with E-state index in [2.05, 4.69) is 19.2 Å². The van der Waals surface area contributed by atoms with Crippen LogP contribution in [0.4, 0.5) is 0 Å². The van der Waals surface area contributed by atoms with Crippen LogP contribution in [-0.2, 0) is 30.2 Å². The molecule has 0 radical (unpaired) electrons. The second-order valence-corrected chi connectivity index (χ2v) is 9.66. The fourth-order valence-electron chi connectivity index (χ4n) is 3.83. The summed E-state index contributed by atoms with van der Waals surface area (Å²) in [6, 6.07) is 5.95. The second-order valence-electron chi connectivity index (χ2n) is 9.66. The molecule has 6 nitrogen and oxygen atoms in total. The first-order valence-electron chi connectivity index (χ1n) is 12.6. The Labute approximate surface area is 210 Å². The molecule has 1 atom stereocenters. The first-order valence-corrected chi connectivity index (χ1v) is 12.6. The van der Waals surface area contributed by atoms with Crippen LogP contribution < -0.4 is 4.74 Å². The number of para-hydroxylation sites is 1. The number of esters is 2. The molecule has 0 fully saturated rings. The van der Waals surface area contributed by atoms with Gasteiger partial charge in [0, 0.05) is 23.3 Å². The smallest absolute Gasteiger partial charge is 0.333 e. The minimum atomic E-state index is -0.523. The number of hydrogen-bond donors (Lipinski definition) is 0. The Morgan fingerprint density at radius 3 is 2.63 bits per heavy atom. The topological polar surface area (TPSA) is 71.1 Å². The van der Waals surface area contributed by atoms with E-state index >= 15 is 0 Å². The average molecular weight is 485 g/mol. The number of fused-ring (bicyclic) bond motifs is 1. The van der Waals surface area contributed by atoms with E-state index in [0.29, 0.717) is 25.2 Å². The lowest BCUT2D eigenvalue weighted by molar-refractivity contribution is -0.150. The highest BCUT2D eigenvalue weighted by Crippen LogP contribution is 2.34. The number of hydrogen-bond acceptors (Lipinski definition) is 6. The highest BCUT2D eigenvalue weighted by molar-refractivity contribution is 5.88. The van der Waals surface area contributed by atoms with Crippen molar-refractivity contribution >= 4 is 17.5 Å². The molecule has 1 heterocycles. The van der Waals surface area contributed by atoms with E-state index in [4.69, 9.17) is 18.9 Å². The van der Waals surface area contributed by atoms with Gasteiger partial charge >= 0.3 is 11.9 Å². The minimum absolute atomic E-state index is 0.0715. The maximum absolute atomic E-state index is 12.2. The predicted octanol–water partition coefficient (Wildman–Crippen LogP) is 6.32. The van der Waals surface area contributed by atoms with Gasteiger partial charge < -0.3 is 18.9 Å². The van der Waals surface area contributed by atoms with Gasteiger partial charge in [-0.25, -0.2) is 4.79 Å². The molecule has 1 aliphatic rings. The first kappa shape index (κ1) is 28.4. The van der Waals surface area contributed by atoms with Crippen molar-refractivity contribution in [3.8, 4) is 5.75 Å². The summed E-state index contributed by atoms with van der Waals surface area (Å²) in [7, 11) is 0. The van der Waals surface area contributed by atoms with Crippen molar-refractivity contribution in [1.82, 2.24) is 0 Å². The zero-order valence-corrected chi connectivity index (χ0v) is 21.9. The van der Waals surface area contributed by atoms with Crippen LogP contribution in [0.5, 0.6) is 5.75 Å². The largest absolute Gasteiger partial charge is 0.466 e. The Morgan fingerprint density at radius 2 is 1.94 bits per heavy atom. The molecule has 6 heteroatoms. The van der Waals surface area contributed by atoms with Gasteiger partial charge in [-0.3, -0.25) is 4.79 Å². The van der Waals surface area contributed by atoms with Crippen molar-refractivity contribution in [2.24, 2.45) is 0 Å². The Morgan fingerprint density at radius 1 is 1.17 bits per heavy atom. The monoisotopic (exact) mass is 484 g/mol. The molecule has 1 aromatic rings. The zero-order valence-electron chi connectivity index (χ0n) is 21.9. The van der Waals surface area contributed by atoms with Crippen LogP contribution in [0.15, 0.2) is 42.3 Å². The van der Waals surface area contributed by atoms with E-state index < -0.39 is 5.60 Å². The van der Waals surface area contributed by atoms with Crippen LogP contribution in [0.3, 0.4) is 0 Å². The van der Waals surface area contributed by atoms with Crippen molar-refractivity contribution in [3.63, 3.8) is 0 Å². The number of ether oxygens (including phenoxy) is 4. The molecule has 1 unspecified atom stereocenters. The third kappa shape index (κ3) is 9.75. The second kappa shape index (κ2) is 13.9. The van der Waals surface area contributed by atoms with Gasteiger partial charge in [-0.1, -0.05) is 43.9 Å². The van der Waals surface area contributed by atoms with Crippen molar-refractivity contribution in [1.29, 1.82) is 0 Å². The van der Waals surface area contributed by atoms with Gasteiger partial charge in [-0.15, -0.1) is 0 Å². The van der Waals surface area contributed by atoms with E-state index in [9.17, 15) is 9.59 Å². The van der Waals surface area contributed by atoms with Crippen LogP contribution in [-0.4, -0.2) is 36.9 Å². The molecule has 0 bridgehead atoms. The molecule has 0 amide bonds. The highest BCUT2D eigenvalue weighted by atomic mass is 16.6. The summed E-state index contributed by atoms with van der Waals surface area (Å²) in [4.78, 5) is 24.1. The SMILES string of the molecule is C=C(CCC(CCC)OCCCc1cccc2c1OC=C=C2CC(=O)OCC)C(=O)OC(C)(C)C. The minimum Gasteiger partial charge on any atom is -0.466 e. The van der Waals surface area contributed by atoms with Crippen LogP contribution in [0.1, 0.15) is 84.3 Å². The normalized spacial score (nSPS) is 13.3. The van der Waals surface area contributed by atoms with Crippen molar-refractivity contribution < 1.29 is 28.5 Å². The molecule has 0 saturated carbocycles. The predicted molar refractivity (Wildman–Crippen MR) is 137 cm³/mol. The Kier molecular flexibility index (Phi) is 11.3. The molecule has 1 aliphatic heterocycles. The standard InChI is InChI=1S/C29H40O6/c1-7-11-24(16-15-21(3)28(31)35-29(4,5)6)33-18-10-13-22-12-9-14-25-23(17-19-34-27(22)25)20-26(30)32-8-2/h9,12,14,19,24H,3,7-8,10-11,13,15-16,18,20H2,1-2,4-6H3. The summed E-state index contributed by atoms with van der Waals surface area (Å²) in [6.07, 6.45) is 6.59. The molecule has 1 aromatic carbocycles. The third-order valence-electron chi connectivity index (χ3n) is 5.47. The lowest BCUT2D eigenvalue weighted by Gasteiger charge is -2.21. The van der Waals surface area contributed by atoms with Gasteiger partial charge in [0.25, 0.3) is 0 Å². The summed E-state index contributed by atoms with van der Waals surface area (Å²) in [5.41, 5.74) is 5.71. The summed E-state index contributed by atoms with van der Waals surface area (Å²) >= 11 is 0. The van der Waals surface area contributed by atoms with Gasteiger partial charge in [0.2, 0.25) is 0 Å². The highest BCUT2D eigenvalue weighted by Gasteiger charge is 2.21. The van der Waals surface area contributed by atoms with E-state index in [1.54, 1.807) is 6.92 Å². The third-order valence-corrected chi connectivity index (χ3v) is 5.47. The Hall–Kier alpha value is -2.82. The number of carbonyl (C=O) groups excluding carboxylic acids is 2. The molecule has 192 valence electrons. The molecular formula is C29H40O6. The molecular weight excluding hydrogens is 444 g/mol. The lowest BCUT2D eigenvalue weighted by Crippen LogP contribution is -2.25. The van der Waals surface area contributed by atoms with Crippen LogP contribution >= 0.6 is 0 Å². The molecule has 2 rings (SSSR count). The van der Waals surface area contributed by atoms with Gasteiger partial charge in [0.15, 0.2) is 0 Å². The summed E-state index contributed by atoms with van der Waals surface area (Å²) in [5.74, 6) is 0.155. The summed E-state index contributed by atoms with van der Waals surface area (Å²) in [6.45, 7) is 14.3. The number of aryl methyl sites for hydroxylation is 1. The van der Waals surface area contributed by atoms with Crippen molar-refractivity contribution in [2.45, 2.75) is 91.3 Å². The van der Waals surface area contributed by atoms with Gasteiger partial charge in [-0.2, -0.15) is 0 Å². The summed E-state index contributed by atoms with van der Waals surface area (Å²) in [5, 5.41) is 0.